The Morgan fingerprint density at radius 1 is 1.07 bits per heavy atom. The van der Waals surface area contributed by atoms with Gasteiger partial charge in [-0.05, 0) is 55.8 Å². The van der Waals surface area contributed by atoms with Gasteiger partial charge in [0, 0.05) is 33.2 Å². The molecule has 2 aliphatic carbocycles. The second-order valence-electron chi connectivity index (χ2n) is 9.58. The maximum atomic E-state index is 12.3. The number of fused-ring (bicyclic) bond motifs is 1. The number of ether oxygens (including phenoxy) is 2. The molecule has 0 radical (unpaired) electrons. The zero-order valence-electron chi connectivity index (χ0n) is 18.1. The van der Waals surface area contributed by atoms with Crippen molar-refractivity contribution in [2.45, 2.75) is 70.9 Å². The molecule has 0 spiro atoms. The smallest absolute Gasteiger partial charge is 0.246 e. The lowest BCUT2D eigenvalue weighted by Gasteiger charge is -2.50. The van der Waals surface area contributed by atoms with Crippen molar-refractivity contribution in [3.63, 3.8) is 0 Å². The van der Waals surface area contributed by atoms with E-state index in [9.17, 15) is 14.7 Å². The number of hydrogen-bond acceptors (Lipinski definition) is 5. The van der Waals surface area contributed by atoms with Crippen molar-refractivity contribution in [3.8, 4) is 0 Å². The number of methoxy groups -OCH3 is 2. The maximum Gasteiger partial charge on any atom is 0.246 e. The van der Waals surface area contributed by atoms with Gasteiger partial charge in [-0.1, -0.05) is 13.8 Å². The Morgan fingerprint density at radius 2 is 1.79 bits per heavy atom. The molecule has 2 saturated carbocycles. The first kappa shape index (κ1) is 23.1. The van der Waals surface area contributed by atoms with Crippen molar-refractivity contribution < 1.29 is 24.2 Å². The van der Waals surface area contributed by atoms with E-state index in [1.165, 1.54) is 7.11 Å². The molecule has 2 fully saturated rings. The van der Waals surface area contributed by atoms with E-state index < -0.39 is 5.60 Å². The average molecular weight is 399 g/mol. The molecule has 0 unspecified atom stereocenters. The van der Waals surface area contributed by atoms with Gasteiger partial charge in [-0.15, -0.1) is 0 Å². The summed E-state index contributed by atoms with van der Waals surface area (Å²) in [5.41, 5.74) is -0.909. The highest BCUT2D eigenvalue weighted by molar-refractivity contribution is 5.78. The maximum absolute atomic E-state index is 12.3. The van der Waals surface area contributed by atoms with E-state index in [1.807, 2.05) is 6.92 Å². The number of hydrogen-bond donors (Lipinski definition) is 3. The highest BCUT2D eigenvalue weighted by Gasteiger charge is 2.61. The van der Waals surface area contributed by atoms with Gasteiger partial charge in [0.2, 0.25) is 11.8 Å². The molecule has 7 nitrogen and oxygen atoms in total. The molecule has 162 valence electrons. The second kappa shape index (κ2) is 9.09. The molecule has 0 aromatic rings. The van der Waals surface area contributed by atoms with Crippen LogP contribution in [0.2, 0.25) is 0 Å². The molecule has 2 amide bonds. The van der Waals surface area contributed by atoms with Gasteiger partial charge in [-0.3, -0.25) is 9.59 Å². The number of carbonyl (C=O) groups excluding carboxylic acids is 2. The van der Waals surface area contributed by atoms with Crippen LogP contribution in [0.1, 0.15) is 59.3 Å². The summed E-state index contributed by atoms with van der Waals surface area (Å²) >= 11 is 0. The minimum absolute atomic E-state index is 0.00850. The molecular weight excluding hydrogens is 360 g/mol. The van der Waals surface area contributed by atoms with Crippen LogP contribution in [0.5, 0.6) is 0 Å². The van der Waals surface area contributed by atoms with E-state index in [0.717, 1.165) is 12.8 Å². The third kappa shape index (κ3) is 5.24. The predicted octanol–water partition coefficient (Wildman–Crippen LogP) is 1.63. The van der Waals surface area contributed by atoms with Gasteiger partial charge in [0.1, 0.15) is 6.61 Å². The summed E-state index contributed by atoms with van der Waals surface area (Å²) in [6.45, 7) is 7.36. The Balaban J connectivity index is 2.20. The van der Waals surface area contributed by atoms with E-state index >= 15 is 0 Å². The third-order valence-electron chi connectivity index (χ3n) is 6.89. The van der Waals surface area contributed by atoms with E-state index in [1.54, 1.807) is 7.11 Å². The van der Waals surface area contributed by atoms with Crippen LogP contribution in [-0.4, -0.2) is 62.5 Å². The Bertz CT molecular complexity index is 563. The summed E-state index contributed by atoms with van der Waals surface area (Å²) in [6, 6.07) is -0.0157. The highest BCUT2D eigenvalue weighted by Crippen LogP contribution is 2.63. The van der Waals surface area contributed by atoms with Crippen LogP contribution in [0.4, 0.5) is 0 Å². The Morgan fingerprint density at radius 3 is 2.43 bits per heavy atom. The lowest BCUT2D eigenvalue weighted by Crippen LogP contribution is -2.53. The van der Waals surface area contributed by atoms with Crippen LogP contribution in [0.3, 0.4) is 0 Å². The molecule has 0 aromatic heterocycles. The Kier molecular flexibility index (Phi) is 7.50. The van der Waals surface area contributed by atoms with Crippen molar-refractivity contribution >= 4 is 11.8 Å². The SMILES string of the molecule is COCCNC(=O)CC[C@]12CC[C@](C)(O)C[C@H]1C(C)(C)C[C@@H]2NC(=O)COC. The summed E-state index contributed by atoms with van der Waals surface area (Å²) in [7, 11) is 3.12. The Hall–Kier alpha value is -1.18. The van der Waals surface area contributed by atoms with Crippen molar-refractivity contribution in [1.29, 1.82) is 0 Å². The minimum atomic E-state index is -0.697. The normalized spacial score (nSPS) is 33.9. The van der Waals surface area contributed by atoms with Crippen molar-refractivity contribution in [3.05, 3.63) is 0 Å². The molecule has 0 aromatic carbocycles. The van der Waals surface area contributed by atoms with Gasteiger partial charge in [-0.2, -0.15) is 0 Å². The molecule has 0 bridgehead atoms. The van der Waals surface area contributed by atoms with Crippen LogP contribution in [-0.2, 0) is 19.1 Å². The fourth-order valence-corrected chi connectivity index (χ4v) is 5.53. The largest absolute Gasteiger partial charge is 0.390 e. The molecule has 0 saturated heterocycles. The highest BCUT2D eigenvalue weighted by atomic mass is 16.5. The van der Waals surface area contributed by atoms with Crippen LogP contribution in [0.15, 0.2) is 0 Å². The van der Waals surface area contributed by atoms with Gasteiger partial charge in [0.05, 0.1) is 12.2 Å². The van der Waals surface area contributed by atoms with Crippen LogP contribution in [0.25, 0.3) is 0 Å². The number of amides is 2. The molecule has 3 N–H and O–H groups in total. The fraction of sp³-hybridized carbons (Fsp3) is 0.905. The quantitative estimate of drug-likeness (QED) is 0.513. The monoisotopic (exact) mass is 398 g/mol. The van der Waals surface area contributed by atoms with Crippen LogP contribution < -0.4 is 10.6 Å². The first-order valence-electron chi connectivity index (χ1n) is 10.3. The predicted molar refractivity (Wildman–Crippen MR) is 107 cm³/mol. The number of nitrogens with one attached hydrogen (secondary N) is 2. The first-order chi connectivity index (χ1) is 13.1. The zero-order valence-corrected chi connectivity index (χ0v) is 18.1. The van der Waals surface area contributed by atoms with Crippen LogP contribution in [0, 0.1) is 16.7 Å². The zero-order chi connectivity index (χ0) is 21.0. The lowest BCUT2D eigenvalue weighted by molar-refractivity contribution is -0.128. The van der Waals surface area contributed by atoms with Gasteiger partial charge in [0.15, 0.2) is 0 Å². The van der Waals surface area contributed by atoms with Crippen molar-refractivity contribution in [2.24, 2.45) is 16.7 Å². The van der Waals surface area contributed by atoms with Crippen LogP contribution >= 0.6 is 0 Å². The molecule has 2 rings (SSSR count). The Labute approximate surface area is 168 Å². The topological polar surface area (TPSA) is 96.9 Å². The second-order valence-corrected chi connectivity index (χ2v) is 9.58. The van der Waals surface area contributed by atoms with Crippen molar-refractivity contribution in [1.82, 2.24) is 10.6 Å². The summed E-state index contributed by atoms with van der Waals surface area (Å²) in [5.74, 6) is 0.128. The first-order valence-corrected chi connectivity index (χ1v) is 10.3. The van der Waals surface area contributed by atoms with Gasteiger partial charge >= 0.3 is 0 Å². The van der Waals surface area contributed by atoms with E-state index in [-0.39, 0.29) is 41.2 Å². The minimum Gasteiger partial charge on any atom is -0.390 e. The average Bonchev–Trinajstić information content (AvgIpc) is 2.80. The number of rotatable bonds is 9. The molecule has 28 heavy (non-hydrogen) atoms. The van der Waals surface area contributed by atoms with E-state index in [0.29, 0.717) is 38.8 Å². The van der Waals surface area contributed by atoms with Crippen molar-refractivity contribution in [2.75, 3.05) is 34.0 Å². The summed E-state index contributed by atoms with van der Waals surface area (Å²) in [5, 5.41) is 16.8. The summed E-state index contributed by atoms with van der Waals surface area (Å²) in [6.07, 6.45) is 4.14. The van der Waals surface area contributed by atoms with E-state index in [4.69, 9.17) is 9.47 Å². The molecule has 0 aliphatic heterocycles. The third-order valence-corrected chi connectivity index (χ3v) is 6.89. The summed E-state index contributed by atoms with van der Waals surface area (Å²) < 4.78 is 9.98. The standard InChI is InChI=1S/C21H38N2O5/c1-19(2)13-16(23-18(25)14-28-5)21(7-6-17(24)22-10-11-27-4)9-8-20(3,26)12-15(19)21/h15-16,26H,6-14H2,1-5H3,(H,22,24)(H,23,25)/t15-,16-,20-,21-/m0/s1. The fourth-order valence-electron chi connectivity index (χ4n) is 5.53. The lowest BCUT2D eigenvalue weighted by atomic mass is 9.57. The number of aliphatic hydroxyl groups is 1. The molecular formula is C21H38N2O5. The molecule has 4 atom stereocenters. The van der Waals surface area contributed by atoms with Gasteiger partial charge < -0.3 is 25.2 Å². The summed E-state index contributed by atoms with van der Waals surface area (Å²) in [4.78, 5) is 24.6. The van der Waals surface area contributed by atoms with Gasteiger partial charge in [-0.25, -0.2) is 0 Å². The molecule has 0 heterocycles. The molecule has 7 heteroatoms. The number of carbonyl (C=O) groups is 2. The van der Waals surface area contributed by atoms with E-state index in [2.05, 4.69) is 24.5 Å². The molecule has 2 aliphatic rings. The van der Waals surface area contributed by atoms with Gasteiger partial charge in [0.25, 0.3) is 0 Å².